The topological polar surface area (TPSA) is 125 Å². The van der Waals surface area contributed by atoms with Gasteiger partial charge >= 0.3 is 0 Å². The Bertz CT molecular complexity index is 2000. The molecule has 3 aromatic carbocycles. The lowest BCUT2D eigenvalue weighted by Gasteiger charge is -2.34. The highest BCUT2D eigenvalue weighted by atomic mass is 35.5. The molecule has 5 aromatic rings. The Morgan fingerprint density at radius 2 is 1.63 bits per heavy atom. The Kier molecular flexibility index (Phi) is 7.68. The van der Waals surface area contributed by atoms with Crippen LogP contribution in [0.15, 0.2) is 96.0 Å². The van der Waals surface area contributed by atoms with Gasteiger partial charge in [0.1, 0.15) is 11.7 Å². The van der Waals surface area contributed by atoms with Gasteiger partial charge in [0, 0.05) is 61.6 Å². The average molecular weight is 613 g/mol. The monoisotopic (exact) mass is 612 g/mol. The van der Waals surface area contributed by atoms with Crippen LogP contribution in [0.25, 0.3) is 28.0 Å². The highest BCUT2D eigenvalue weighted by Crippen LogP contribution is 2.31. The zero-order valence-corrected chi connectivity index (χ0v) is 24.4. The summed E-state index contributed by atoms with van der Waals surface area (Å²) in [6.45, 7) is 1.93. The van der Waals surface area contributed by atoms with Gasteiger partial charge in [-0.15, -0.1) is 0 Å². The van der Waals surface area contributed by atoms with Crippen molar-refractivity contribution >= 4 is 33.0 Å². The predicted molar refractivity (Wildman–Crippen MR) is 163 cm³/mol. The summed E-state index contributed by atoms with van der Waals surface area (Å²) in [5, 5.41) is 21.3. The van der Waals surface area contributed by atoms with E-state index in [1.165, 1.54) is 28.6 Å². The number of halogens is 1. The van der Waals surface area contributed by atoms with E-state index in [4.69, 9.17) is 16.6 Å². The number of nitro benzene ring substituents is 1. The third-order valence-electron chi connectivity index (χ3n) is 7.56. The largest absolute Gasteiger partial charge is 0.301 e. The fourth-order valence-electron chi connectivity index (χ4n) is 5.32. The molecule has 0 unspecified atom stereocenters. The molecule has 0 N–H and O–H groups in total. The summed E-state index contributed by atoms with van der Waals surface area (Å²) in [5.74, 6) is 0. The molecular formula is C31H25ClN6O4S. The predicted octanol–water partition coefficient (Wildman–Crippen LogP) is 5.61. The quantitative estimate of drug-likeness (QED) is 0.173. The van der Waals surface area contributed by atoms with Crippen molar-refractivity contribution in [3.63, 3.8) is 0 Å². The van der Waals surface area contributed by atoms with Gasteiger partial charge in [-0.1, -0.05) is 35.9 Å². The van der Waals surface area contributed by atoms with E-state index in [9.17, 15) is 23.8 Å². The molecule has 0 bridgehead atoms. The van der Waals surface area contributed by atoms with Gasteiger partial charge in [0.2, 0.25) is 10.0 Å². The molecule has 43 heavy (non-hydrogen) atoms. The highest BCUT2D eigenvalue weighted by molar-refractivity contribution is 7.89. The molecule has 1 aliphatic rings. The molecule has 0 spiro atoms. The lowest BCUT2D eigenvalue weighted by atomic mass is 10.1. The molecule has 0 radical (unpaired) electrons. The minimum absolute atomic E-state index is 0.00684. The molecule has 216 valence electrons. The number of sulfonamides is 1. The zero-order chi connectivity index (χ0) is 30.1. The van der Waals surface area contributed by atoms with Crippen LogP contribution < -0.4 is 0 Å². The van der Waals surface area contributed by atoms with Crippen molar-refractivity contribution in [2.24, 2.45) is 0 Å². The van der Waals surface area contributed by atoms with E-state index < -0.39 is 14.9 Å². The number of pyridine rings is 1. The van der Waals surface area contributed by atoms with Crippen LogP contribution in [0.5, 0.6) is 0 Å². The van der Waals surface area contributed by atoms with Gasteiger partial charge in [-0.25, -0.2) is 13.4 Å². The Balaban J connectivity index is 1.33. The fraction of sp³-hybridized carbons (Fsp3) is 0.161. The Hall–Kier alpha value is -4.60. The summed E-state index contributed by atoms with van der Waals surface area (Å²) < 4.78 is 30.2. The van der Waals surface area contributed by atoms with E-state index in [2.05, 4.69) is 4.90 Å². The van der Waals surface area contributed by atoms with Crippen LogP contribution in [-0.4, -0.2) is 58.1 Å². The molecule has 10 nitrogen and oxygen atoms in total. The van der Waals surface area contributed by atoms with E-state index in [1.54, 1.807) is 24.3 Å². The van der Waals surface area contributed by atoms with Crippen LogP contribution >= 0.6 is 11.6 Å². The van der Waals surface area contributed by atoms with Gasteiger partial charge in [-0.05, 0) is 59.7 Å². The summed E-state index contributed by atoms with van der Waals surface area (Å²) in [6.07, 6.45) is 2.00. The van der Waals surface area contributed by atoms with Gasteiger partial charge < -0.3 is 4.40 Å². The fourth-order valence-corrected chi connectivity index (χ4v) is 7.07. The number of benzene rings is 3. The minimum Gasteiger partial charge on any atom is -0.301 e. The number of nitriles is 1. The third-order valence-corrected chi connectivity index (χ3v) is 9.75. The van der Waals surface area contributed by atoms with Gasteiger partial charge in [0.15, 0.2) is 0 Å². The molecule has 0 atom stereocenters. The third kappa shape index (κ3) is 5.61. The molecule has 12 heteroatoms. The van der Waals surface area contributed by atoms with Crippen molar-refractivity contribution in [3.05, 3.63) is 118 Å². The molecule has 0 aliphatic carbocycles. The molecule has 1 aliphatic heterocycles. The number of nitro groups is 1. The van der Waals surface area contributed by atoms with Crippen LogP contribution in [0.2, 0.25) is 5.02 Å². The van der Waals surface area contributed by atoms with Crippen molar-refractivity contribution in [1.82, 2.24) is 18.6 Å². The molecule has 2 aromatic heterocycles. The van der Waals surface area contributed by atoms with E-state index in [0.29, 0.717) is 36.0 Å². The number of aromatic nitrogens is 2. The molecule has 0 saturated carbocycles. The summed E-state index contributed by atoms with van der Waals surface area (Å²) in [5.41, 5.74) is 5.02. The number of hydrogen-bond acceptors (Lipinski definition) is 7. The number of non-ortho nitro benzene ring substituents is 1. The van der Waals surface area contributed by atoms with Crippen LogP contribution in [0.4, 0.5) is 5.69 Å². The summed E-state index contributed by atoms with van der Waals surface area (Å²) in [4.78, 5) is 17.9. The first-order valence-electron chi connectivity index (χ1n) is 13.5. The number of nitrogens with zero attached hydrogens (tertiary/aromatic N) is 6. The minimum atomic E-state index is -3.83. The Labute approximate surface area is 253 Å². The van der Waals surface area contributed by atoms with Gasteiger partial charge in [0.05, 0.1) is 26.8 Å². The molecular weight excluding hydrogens is 588 g/mol. The summed E-state index contributed by atoms with van der Waals surface area (Å²) >= 11 is 6.26. The molecule has 6 rings (SSSR count). The Morgan fingerprint density at radius 3 is 2.33 bits per heavy atom. The van der Waals surface area contributed by atoms with Gasteiger partial charge in [-0.2, -0.15) is 9.57 Å². The maximum atomic E-state index is 13.4. The van der Waals surface area contributed by atoms with Crippen molar-refractivity contribution in [1.29, 1.82) is 5.26 Å². The summed E-state index contributed by atoms with van der Waals surface area (Å²) in [6, 6.07) is 26.0. The van der Waals surface area contributed by atoms with Gasteiger partial charge in [-0.3, -0.25) is 15.0 Å². The molecule has 3 heterocycles. The number of imidazole rings is 1. The number of piperazine rings is 1. The van der Waals surface area contributed by atoms with E-state index in [1.807, 2.05) is 53.1 Å². The first-order valence-corrected chi connectivity index (χ1v) is 15.3. The SMILES string of the molecule is N#Cc1ccccc1S(=O)(=O)N1CCN(Cc2c(-c3ccc([N+](=O)[O-])cc3)nc3ccc(-c4cccc(Cl)c4)cn23)CC1. The van der Waals surface area contributed by atoms with E-state index >= 15 is 0 Å². The summed E-state index contributed by atoms with van der Waals surface area (Å²) in [7, 11) is -3.83. The van der Waals surface area contributed by atoms with Crippen LogP contribution in [-0.2, 0) is 16.6 Å². The molecule has 0 amide bonds. The second kappa shape index (κ2) is 11.6. The van der Waals surface area contributed by atoms with Gasteiger partial charge in [0.25, 0.3) is 5.69 Å². The number of rotatable bonds is 7. The smallest absolute Gasteiger partial charge is 0.269 e. The number of hydrogen-bond donors (Lipinski definition) is 0. The maximum absolute atomic E-state index is 13.4. The van der Waals surface area contributed by atoms with Crippen LogP contribution in [0.3, 0.4) is 0 Å². The Morgan fingerprint density at radius 1 is 0.907 bits per heavy atom. The normalized spacial score (nSPS) is 14.5. The average Bonchev–Trinajstić information content (AvgIpc) is 3.38. The highest BCUT2D eigenvalue weighted by Gasteiger charge is 2.31. The molecule has 1 fully saturated rings. The number of fused-ring (bicyclic) bond motifs is 1. The lowest BCUT2D eigenvalue weighted by molar-refractivity contribution is -0.384. The maximum Gasteiger partial charge on any atom is 0.269 e. The lowest BCUT2D eigenvalue weighted by Crippen LogP contribution is -2.48. The van der Waals surface area contributed by atoms with Crippen molar-refractivity contribution < 1.29 is 13.3 Å². The van der Waals surface area contributed by atoms with Crippen molar-refractivity contribution in [2.75, 3.05) is 26.2 Å². The second-order valence-electron chi connectivity index (χ2n) is 10.2. The van der Waals surface area contributed by atoms with Crippen LogP contribution in [0.1, 0.15) is 11.3 Å². The first-order chi connectivity index (χ1) is 20.7. The van der Waals surface area contributed by atoms with E-state index in [0.717, 1.165) is 22.4 Å². The van der Waals surface area contributed by atoms with E-state index in [-0.39, 0.29) is 29.2 Å². The zero-order valence-electron chi connectivity index (χ0n) is 22.8. The first kappa shape index (κ1) is 28.5. The second-order valence-corrected chi connectivity index (χ2v) is 12.5. The standard InChI is InChI=1S/C31H25ClN6O4S/c32-26-6-3-5-23(18-26)25-10-13-30-34-31(22-8-11-27(12-9-22)38(39)40)28(37(30)20-25)21-35-14-16-36(17-15-35)43(41,42)29-7-2-1-4-24(29)19-33/h1-13,18,20H,14-17,21H2. The van der Waals surface area contributed by atoms with Crippen LogP contribution in [0, 0.1) is 21.4 Å². The van der Waals surface area contributed by atoms with Crippen molar-refractivity contribution in [3.8, 4) is 28.5 Å². The molecule has 1 saturated heterocycles. The van der Waals surface area contributed by atoms with Crippen molar-refractivity contribution in [2.45, 2.75) is 11.4 Å².